The Kier molecular flexibility index (Phi) is 5.40. The molecule has 0 unspecified atom stereocenters. The Labute approximate surface area is 105 Å². The SMILES string of the molecule is CCC(C)(C)C(=O)NCCN1CCN(C)CC1. The van der Waals surface area contributed by atoms with Crippen LogP contribution in [-0.2, 0) is 4.79 Å². The van der Waals surface area contributed by atoms with E-state index in [9.17, 15) is 4.79 Å². The average molecular weight is 241 g/mol. The molecule has 1 heterocycles. The van der Waals surface area contributed by atoms with Gasteiger partial charge in [0.25, 0.3) is 0 Å². The van der Waals surface area contributed by atoms with Crippen molar-refractivity contribution in [2.75, 3.05) is 46.3 Å². The minimum absolute atomic E-state index is 0.175. The van der Waals surface area contributed by atoms with Crippen LogP contribution >= 0.6 is 0 Å². The van der Waals surface area contributed by atoms with Gasteiger partial charge in [0.05, 0.1) is 0 Å². The van der Waals surface area contributed by atoms with E-state index >= 15 is 0 Å². The van der Waals surface area contributed by atoms with Crippen molar-refractivity contribution in [1.82, 2.24) is 15.1 Å². The highest BCUT2D eigenvalue weighted by atomic mass is 16.2. The molecule has 0 bridgehead atoms. The molecule has 4 nitrogen and oxygen atoms in total. The first-order chi connectivity index (χ1) is 7.95. The molecule has 4 heteroatoms. The third kappa shape index (κ3) is 4.64. The van der Waals surface area contributed by atoms with Crippen molar-refractivity contribution in [2.45, 2.75) is 27.2 Å². The van der Waals surface area contributed by atoms with Crippen molar-refractivity contribution >= 4 is 5.91 Å². The first-order valence-corrected chi connectivity index (χ1v) is 6.65. The normalized spacial score (nSPS) is 19.3. The van der Waals surface area contributed by atoms with E-state index in [2.05, 4.69) is 29.1 Å². The summed E-state index contributed by atoms with van der Waals surface area (Å²) < 4.78 is 0. The molecule has 1 rings (SSSR count). The lowest BCUT2D eigenvalue weighted by Gasteiger charge is -2.32. The molecule has 0 aromatic heterocycles. The number of rotatable bonds is 5. The van der Waals surface area contributed by atoms with Gasteiger partial charge in [-0.15, -0.1) is 0 Å². The standard InChI is InChI=1S/C13H27N3O/c1-5-13(2,3)12(17)14-6-7-16-10-8-15(4)9-11-16/h5-11H2,1-4H3,(H,14,17). The summed E-state index contributed by atoms with van der Waals surface area (Å²) >= 11 is 0. The molecule has 0 aromatic carbocycles. The Morgan fingerprint density at radius 1 is 1.24 bits per heavy atom. The van der Waals surface area contributed by atoms with Gasteiger partial charge < -0.3 is 10.2 Å². The van der Waals surface area contributed by atoms with Gasteiger partial charge in [-0.1, -0.05) is 20.8 Å². The molecule has 100 valence electrons. The van der Waals surface area contributed by atoms with Gasteiger partial charge in [0, 0.05) is 44.7 Å². The van der Waals surface area contributed by atoms with Crippen LogP contribution in [0.4, 0.5) is 0 Å². The number of hydrogen-bond acceptors (Lipinski definition) is 3. The third-order valence-electron chi connectivity index (χ3n) is 3.81. The second-order valence-electron chi connectivity index (χ2n) is 5.64. The van der Waals surface area contributed by atoms with Crippen LogP contribution < -0.4 is 5.32 Å². The quantitative estimate of drug-likeness (QED) is 0.773. The molecule has 1 aliphatic rings. The first-order valence-electron chi connectivity index (χ1n) is 6.65. The summed E-state index contributed by atoms with van der Waals surface area (Å²) in [5.74, 6) is 0.175. The number of likely N-dealkylation sites (N-methyl/N-ethyl adjacent to an activating group) is 1. The fraction of sp³-hybridized carbons (Fsp3) is 0.923. The fourth-order valence-corrected chi connectivity index (χ4v) is 1.80. The van der Waals surface area contributed by atoms with Gasteiger partial charge in [-0.05, 0) is 13.5 Å². The second-order valence-corrected chi connectivity index (χ2v) is 5.64. The zero-order chi connectivity index (χ0) is 12.9. The van der Waals surface area contributed by atoms with E-state index in [-0.39, 0.29) is 11.3 Å². The van der Waals surface area contributed by atoms with Crippen LogP contribution in [0.5, 0.6) is 0 Å². The Morgan fingerprint density at radius 3 is 2.35 bits per heavy atom. The molecule has 0 spiro atoms. The largest absolute Gasteiger partial charge is 0.354 e. The minimum Gasteiger partial charge on any atom is -0.354 e. The van der Waals surface area contributed by atoms with Crippen LogP contribution in [0.3, 0.4) is 0 Å². The maximum absolute atomic E-state index is 11.9. The number of hydrogen-bond donors (Lipinski definition) is 1. The second kappa shape index (κ2) is 6.36. The lowest BCUT2D eigenvalue weighted by Crippen LogP contribution is -2.47. The Bertz CT molecular complexity index is 245. The molecule has 1 amide bonds. The highest BCUT2D eigenvalue weighted by molar-refractivity contribution is 5.81. The maximum atomic E-state index is 11.9. The number of nitrogens with zero attached hydrogens (tertiary/aromatic N) is 2. The number of carbonyl (C=O) groups is 1. The van der Waals surface area contributed by atoms with Crippen LogP contribution in [-0.4, -0.2) is 62.0 Å². The predicted molar refractivity (Wildman–Crippen MR) is 71.0 cm³/mol. The van der Waals surface area contributed by atoms with Gasteiger partial charge in [-0.2, -0.15) is 0 Å². The number of carbonyl (C=O) groups excluding carboxylic acids is 1. The van der Waals surface area contributed by atoms with E-state index < -0.39 is 0 Å². The average Bonchev–Trinajstić information content (AvgIpc) is 2.31. The summed E-state index contributed by atoms with van der Waals surface area (Å²) in [7, 11) is 2.16. The summed E-state index contributed by atoms with van der Waals surface area (Å²) in [5.41, 5.74) is -0.234. The van der Waals surface area contributed by atoms with E-state index in [1.165, 1.54) is 0 Å². The Balaban J connectivity index is 2.18. The van der Waals surface area contributed by atoms with Crippen molar-refractivity contribution < 1.29 is 4.79 Å². The molecule has 0 atom stereocenters. The zero-order valence-corrected chi connectivity index (χ0v) is 11.8. The monoisotopic (exact) mass is 241 g/mol. The van der Waals surface area contributed by atoms with E-state index in [0.29, 0.717) is 0 Å². The smallest absolute Gasteiger partial charge is 0.225 e. The van der Waals surface area contributed by atoms with Crippen molar-refractivity contribution in [3.8, 4) is 0 Å². The van der Waals surface area contributed by atoms with Crippen molar-refractivity contribution in [3.63, 3.8) is 0 Å². The van der Waals surface area contributed by atoms with Gasteiger partial charge in [0.1, 0.15) is 0 Å². The van der Waals surface area contributed by atoms with E-state index in [0.717, 1.165) is 45.7 Å². The minimum atomic E-state index is -0.234. The summed E-state index contributed by atoms with van der Waals surface area (Å²) in [6.07, 6.45) is 0.882. The lowest BCUT2D eigenvalue weighted by molar-refractivity contribution is -0.129. The van der Waals surface area contributed by atoms with Gasteiger partial charge in [-0.3, -0.25) is 9.69 Å². The molecule has 0 aliphatic carbocycles. The zero-order valence-electron chi connectivity index (χ0n) is 11.8. The molecular weight excluding hydrogens is 214 g/mol. The highest BCUT2D eigenvalue weighted by Crippen LogP contribution is 2.19. The van der Waals surface area contributed by atoms with Crippen LogP contribution in [0.15, 0.2) is 0 Å². The van der Waals surface area contributed by atoms with Gasteiger partial charge in [0.15, 0.2) is 0 Å². The Morgan fingerprint density at radius 2 is 1.82 bits per heavy atom. The Hall–Kier alpha value is -0.610. The van der Waals surface area contributed by atoms with Crippen molar-refractivity contribution in [1.29, 1.82) is 0 Å². The number of piperazine rings is 1. The molecule has 1 saturated heterocycles. The van der Waals surface area contributed by atoms with E-state index in [1.54, 1.807) is 0 Å². The highest BCUT2D eigenvalue weighted by Gasteiger charge is 2.24. The number of amides is 1. The lowest BCUT2D eigenvalue weighted by atomic mass is 9.89. The van der Waals surface area contributed by atoms with Gasteiger partial charge >= 0.3 is 0 Å². The van der Waals surface area contributed by atoms with Gasteiger partial charge in [0.2, 0.25) is 5.91 Å². The molecular formula is C13H27N3O. The van der Waals surface area contributed by atoms with Crippen LogP contribution in [0.1, 0.15) is 27.2 Å². The molecule has 0 aromatic rings. The first kappa shape index (κ1) is 14.5. The maximum Gasteiger partial charge on any atom is 0.225 e. The molecule has 17 heavy (non-hydrogen) atoms. The van der Waals surface area contributed by atoms with Crippen LogP contribution in [0.2, 0.25) is 0 Å². The molecule has 1 fully saturated rings. The summed E-state index contributed by atoms with van der Waals surface area (Å²) in [4.78, 5) is 16.6. The molecule has 0 saturated carbocycles. The van der Waals surface area contributed by atoms with Crippen molar-refractivity contribution in [3.05, 3.63) is 0 Å². The van der Waals surface area contributed by atoms with Gasteiger partial charge in [-0.25, -0.2) is 0 Å². The van der Waals surface area contributed by atoms with E-state index in [1.807, 2.05) is 13.8 Å². The summed E-state index contributed by atoms with van der Waals surface area (Å²) in [6, 6.07) is 0. The molecule has 0 radical (unpaired) electrons. The topological polar surface area (TPSA) is 35.6 Å². The third-order valence-corrected chi connectivity index (χ3v) is 3.81. The molecule has 1 N–H and O–H groups in total. The molecule has 1 aliphatic heterocycles. The summed E-state index contributed by atoms with van der Waals surface area (Å²) in [5, 5.41) is 3.04. The fourth-order valence-electron chi connectivity index (χ4n) is 1.80. The number of nitrogens with one attached hydrogen (secondary N) is 1. The predicted octanol–water partition coefficient (Wildman–Crippen LogP) is 0.786. The van der Waals surface area contributed by atoms with E-state index in [4.69, 9.17) is 0 Å². The van der Waals surface area contributed by atoms with Crippen LogP contribution in [0.25, 0.3) is 0 Å². The summed E-state index contributed by atoms with van der Waals surface area (Å²) in [6.45, 7) is 12.3. The van der Waals surface area contributed by atoms with Crippen molar-refractivity contribution in [2.24, 2.45) is 5.41 Å². The van der Waals surface area contributed by atoms with Crippen LogP contribution in [0, 0.1) is 5.41 Å².